The molecule has 13 heteroatoms. The zero-order chi connectivity index (χ0) is 36.6. The summed E-state index contributed by atoms with van der Waals surface area (Å²) in [5.74, 6) is -0.354. The number of aryl methyl sites for hydroxylation is 1. The quantitative estimate of drug-likeness (QED) is 0.252. The lowest BCUT2D eigenvalue weighted by Gasteiger charge is -2.36. The van der Waals surface area contributed by atoms with E-state index < -0.39 is 33.7 Å². The number of ether oxygens (including phenoxy) is 2. The van der Waals surface area contributed by atoms with Gasteiger partial charge in [0.25, 0.3) is 15.9 Å². The van der Waals surface area contributed by atoms with Gasteiger partial charge in [0.1, 0.15) is 5.75 Å². The Hall–Kier alpha value is -3.65. The Morgan fingerprint density at radius 1 is 1.04 bits per heavy atom. The van der Waals surface area contributed by atoms with E-state index in [1.807, 2.05) is 32.7 Å². The summed E-state index contributed by atoms with van der Waals surface area (Å²) >= 11 is 0. The molecule has 1 aliphatic rings. The molecule has 3 aromatic carbocycles. The molecule has 1 aliphatic heterocycles. The van der Waals surface area contributed by atoms with Gasteiger partial charge in [0.05, 0.1) is 40.9 Å². The predicted octanol–water partition coefficient (Wildman–Crippen LogP) is 6.74. The lowest BCUT2D eigenvalue weighted by Crippen LogP contribution is -2.47. The number of fused-ring (bicyclic) bond motifs is 1. The summed E-state index contributed by atoms with van der Waals surface area (Å²) in [6.07, 6.45) is -2.76. The molecule has 0 spiro atoms. The minimum atomic E-state index is -4.41. The van der Waals surface area contributed by atoms with Crippen LogP contribution in [0.3, 0.4) is 0 Å². The van der Waals surface area contributed by atoms with Crippen molar-refractivity contribution in [2.75, 3.05) is 38.1 Å². The van der Waals surface area contributed by atoms with Gasteiger partial charge >= 0.3 is 6.18 Å². The number of rotatable bonds is 9. The third-order valence-corrected chi connectivity index (χ3v) is 10.3. The smallest absolute Gasteiger partial charge is 0.416 e. The molecule has 4 rings (SSSR count). The van der Waals surface area contributed by atoms with Crippen molar-refractivity contribution in [3.8, 4) is 5.75 Å². The number of anilines is 1. The van der Waals surface area contributed by atoms with Crippen LogP contribution in [-0.2, 0) is 27.5 Å². The third-order valence-electron chi connectivity index (χ3n) is 8.86. The van der Waals surface area contributed by atoms with Crippen LogP contribution in [0.15, 0.2) is 71.6 Å². The van der Waals surface area contributed by atoms with E-state index in [-0.39, 0.29) is 47.4 Å². The summed E-state index contributed by atoms with van der Waals surface area (Å²) in [4.78, 5) is 18.0. The highest BCUT2D eigenvalue weighted by molar-refractivity contribution is 7.92. The van der Waals surface area contributed by atoms with Gasteiger partial charge in [0.2, 0.25) is 0 Å². The van der Waals surface area contributed by atoms with E-state index in [2.05, 4.69) is 4.72 Å². The molecule has 274 valence electrons. The molecule has 0 fully saturated rings. The van der Waals surface area contributed by atoms with Crippen molar-refractivity contribution in [3.63, 3.8) is 0 Å². The van der Waals surface area contributed by atoms with Gasteiger partial charge in [0, 0.05) is 37.8 Å². The van der Waals surface area contributed by atoms with Crippen molar-refractivity contribution in [1.82, 2.24) is 9.80 Å². The second kappa shape index (κ2) is 17.0. The molecule has 4 atom stereocenters. The minimum Gasteiger partial charge on any atom is -0.490 e. The lowest BCUT2D eigenvalue weighted by molar-refractivity contribution is -0.137. The number of nitrogens with one attached hydrogen (secondary N) is 1. The van der Waals surface area contributed by atoms with Crippen LogP contribution >= 0.6 is 0 Å². The van der Waals surface area contributed by atoms with E-state index in [9.17, 15) is 31.5 Å². The van der Waals surface area contributed by atoms with E-state index in [0.717, 1.165) is 36.1 Å². The molecule has 0 aliphatic carbocycles. The number of aliphatic hydroxyl groups excluding tert-OH is 1. The van der Waals surface area contributed by atoms with Crippen LogP contribution in [-0.4, -0.2) is 80.8 Å². The van der Waals surface area contributed by atoms with Crippen molar-refractivity contribution < 1.29 is 41.0 Å². The maximum Gasteiger partial charge on any atom is 0.416 e. The van der Waals surface area contributed by atoms with Crippen LogP contribution in [0, 0.1) is 12.8 Å². The molecule has 9 nitrogen and oxygen atoms in total. The van der Waals surface area contributed by atoms with Crippen molar-refractivity contribution in [2.45, 2.75) is 82.8 Å². The Morgan fingerprint density at radius 3 is 2.36 bits per heavy atom. The Kier molecular flexibility index (Phi) is 13.3. The van der Waals surface area contributed by atoms with Gasteiger partial charge in [-0.05, 0) is 95.1 Å². The molecular formula is C37H48F3N3O6S. The number of hydrogen-bond donors (Lipinski definition) is 2. The average molecular weight is 720 g/mol. The summed E-state index contributed by atoms with van der Waals surface area (Å²) in [6, 6.07) is 15.5. The van der Waals surface area contributed by atoms with Crippen LogP contribution < -0.4 is 9.46 Å². The summed E-state index contributed by atoms with van der Waals surface area (Å²) in [5, 5.41) is 10.2. The molecular weight excluding hydrogens is 671 g/mol. The van der Waals surface area contributed by atoms with Crippen LogP contribution in [0.5, 0.6) is 5.75 Å². The fourth-order valence-electron chi connectivity index (χ4n) is 5.86. The van der Waals surface area contributed by atoms with Crippen LogP contribution in [0.4, 0.5) is 18.9 Å². The average Bonchev–Trinajstić information content (AvgIpc) is 3.06. The number of carbonyl (C=O) groups excluding carboxylic acids is 1. The molecule has 0 saturated carbocycles. The maximum atomic E-state index is 14.4. The summed E-state index contributed by atoms with van der Waals surface area (Å²) in [5.41, 5.74) is 1.27. The number of halogens is 3. The zero-order valence-electron chi connectivity index (χ0n) is 29.2. The number of benzene rings is 3. The second-order valence-corrected chi connectivity index (χ2v) is 15.0. The predicted molar refractivity (Wildman–Crippen MR) is 187 cm³/mol. The Bertz CT molecular complexity index is 1670. The topological polar surface area (TPSA) is 108 Å². The van der Waals surface area contributed by atoms with E-state index in [1.54, 1.807) is 36.1 Å². The van der Waals surface area contributed by atoms with Crippen LogP contribution in [0.1, 0.15) is 67.1 Å². The SMILES string of the molecule is Cc1ccc(S(=O)(=O)Nc2ccc3c(c2)C(=O)N([C@H](C)CO)C[C@@H](C)[C@@H](CN(C)Cc2ccc(C(F)(F)F)cc2)OCCCC[C@H](C)O3)cc1. The van der Waals surface area contributed by atoms with Gasteiger partial charge in [-0.3, -0.25) is 14.4 Å². The lowest BCUT2D eigenvalue weighted by atomic mass is 10.0. The summed E-state index contributed by atoms with van der Waals surface area (Å²) in [7, 11) is -2.09. The van der Waals surface area contributed by atoms with E-state index >= 15 is 0 Å². The molecule has 0 bridgehead atoms. The molecule has 50 heavy (non-hydrogen) atoms. The third kappa shape index (κ3) is 10.7. The van der Waals surface area contributed by atoms with Gasteiger partial charge in [-0.15, -0.1) is 0 Å². The van der Waals surface area contributed by atoms with Gasteiger partial charge in [-0.2, -0.15) is 13.2 Å². The van der Waals surface area contributed by atoms with Crippen molar-refractivity contribution in [2.24, 2.45) is 5.92 Å². The second-order valence-electron chi connectivity index (χ2n) is 13.3. The largest absolute Gasteiger partial charge is 0.490 e. The molecule has 1 amide bonds. The normalized spacial score (nSPS) is 20.5. The number of hydrogen-bond acceptors (Lipinski definition) is 7. The first-order valence-electron chi connectivity index (χ1n) is 16.9. The number of aliphatic hydroxyl groups is 1. The Morgan fingerprint density at radius 2 is 1.72 bits per heavy atom. The summed E-state index contributed by atoms with van der Waals surface area (Å²) in [6.45, 7) is 8.65. The molecule has 0 saturated heterocycles. The van der Waals surface area contributed by atoms with E-state index in [1.165, 1.54) is 30.3 Å². The Labute approximate surface area is 293 Å². The number of carbonyl (C=O) groups is 1. The van der Waals surface area contributed by atoms with Crippen molar-refractivity contribution in [3.05, 3.63) is 89.0 Å². The van der Waals surface area contributed by atoms with Gasteiger partial charge in [-0.1, -0.05) is 36.8 Å². The molecule has 0 unspecified atom stereocenters. The van der Waals surface area contributed by atoms with Gasteiger partial charge in [-0.25, -0.2) is 8.42 Å². The van der Waals surface area contributed by atoms with Crippen molar-refractivity contribution >= 4 is 21.6 Å². The first kappa shape index (κ1) is 39.1. The van der Waals surface area contributed by atoms with Gasteiger partial charge in [0.15, 0.2) is 0 Å². The molecule has 0 aromatic heterocycles. The highest BCUT2D eigenvalue weighted by Crippen LogP contribution is 2.31. The number of amides is 1. The number of nitrogens with zero attached hydrogens (tertiary/aromatic N) is 2. The fourth-order valence-corrected chi connectivity index (χ4v) is 6.91. The molecule has 3 aromatic rings. The highest BCUT2D eigenvalue weighted by atomic mass is 32.2. The maximum absolute atomic E-state index is 14.4. The number of likely N-dealkylation sites (N-methyl/N-ethyl adjacent to an activating group) is 1. The molecule has 0 radical (unpaired) electrons. The molecule has 1 heterocycles. The summed E-state index contributed by atoms with van der Waals surface area (Å²) < 4.78 is 80.9. The van der Waals surface area contributed by atoms with E-state index in [4.69, 9.17) is 9.47 Å². The highest BCUT2D eigenvalue weighted by Gasteiger charge is 2.32. The number of alkyl halides is 3. The number of sulfonamides is 1. The first-order valence-corrected chi connectivity index (χ1v) is 18.3. The minimum absolute atomic E-state index is 0.0815. The van der Waals surface area contributed by atoms with Crippen LogP contribution in [0.2, 0.25) is 0 Å². The van der Waals surface area contributed by atoms with E-state index in [0.29, 0.717) is 31.9 Å². The Balaban J connectivity index is 1.61. The zero-order valence-corrected chi connectivity index (χ0v) is 30.1. The first-order chi connectivity index (χ1) is 23.6. The molecule has 2 N–H and O–H groups in total. The monoisotopic (exact) mass is 719 g/mol. The van der Waals surface area contributed by atoms with Gasteiger partial charge < -0.3 is 19.5 Å². The fraction of sp³-hybridized carbons (Fsp3) is 0.486. The van der Waals surface area contributed by atoms with Crippen LogP contribution in [0.25, 0.3) is 0 Å². The van der Waals surface area contributed by atoms with Crippen molar-refractivity contribution in [1.29, 1.82) is 0 Å². The standard InChI is InChI=1S/C37H48F3N3O6S/c1-25-9-16-32(17-10-25)50(46,47)41-31-15-18-34-33(20-31)36(45)43(27(3)24-44)21-26(2)35(48-19-7-6-8-28(4)49-34)23-42(5)22-29-11-13-30(14-12-29)37(38,39)40/h9-18,20,26-28,35,41,44H,6-8,19,21-24H2,1-5H3/t26-,27-,28+,35-/m1/s1.